The van der Waals surface area contributed by atoms with Gasteiger partial charge in [-0.15, -0.1) is 0 Å². The molecule has 2 saturated carbocycles. The number of carbonyl (C=O) groups excluding carboxylic acids is 1. The maximum absolute atomic E-state index is 10.8. The molecule has 0 radical (unpaired) electrons. The van der Waals surface area contributed by atoms with Crippen LogP contribution in [0.15, 0.2) is 0 Å². The monoisotopic (exact) mass is 252 g/mol. The summed E-state index contributed by atoms with van der Waals surface area (Å²) in [5, 5.41) is 0. The van der Waals surface area contributed by atoms with Crippen molar-refractivity contribution in [3.63, 3.8) is 0 Å². The van der Waals surface area contributed by atoms with Gasteiger partial charge in [-0.05, 0) is 61.2 Å². The molecule has 0 N–H and O–H groups in total. The summed E-state index contributed by atoms with van der Waals surface area (Å²) in [4.78, 5) is 10.8. The highest BCUT2D eigenvalue weighted by molar-refractivity contribution is 5.65. The van der Waals surface area contributed by atoms with Gasteiger partial charge in [-0.1, -0.05) is 20.8 Å². The smallest absolute Gasteiger partial charge is 0.302 e. The third kappa shape index (κ3) is 2.73. The second kappa shape index (κ2) is 5.22. The molecule has 0 aromatic carbocycles. The minimum Gasteiger partial charge on any atom is -0.466 e. The molecule has 18 heavy (non-hydrogen) atoms. The molecule has 0 aromatic rings. The molecule has 0 saturated heterocycles. The van der Waals surface area contributed by atoms with Crippen LogP contribution < -0.4 is 0 Å². The van der Waals surface area contributed by atoms with E-state index in [0.29, 0.717) is 17.9 Å². The van der Waals surface area contributed by atoms with Gasteiger partial charge in [0.15, 0.2) is 0 Å². The SMILES string of the molecule is CC(=O)OCC(C)CCC1C2CCC(C2)C1(C)C. The predicted octanol–water partition coefficient (Wildman–Crippen LogP) is 4.04. The molecule has 0 amide bonds. The number of rotatable bonds is 5. The van der Waals surface area contributed by atoms with Crippen LogP contribution >= 0.6 is 0 Å². The molecule has 2 nitrogen and oxygen atoms in total. The van der Waals surface area contributed by atoms with Crippen LogP contribution in [0.1, 0.15) is 59.8 Å². The Labute approximate surface area is 111 Å². The Morgan fingerprint density at radius 2 is 2.11 bits per heavy atom. The quantitative estimate of drug-likeness (QED) is 0.690. The maximum atomic E-state index is 10.8. The van der Waals surface area contributed by atoms with Gasteiger partial charge in [0, 0.05) is 6.92 Å². The summed E-state index contributed by atoms with van der Waals surface area (Å²) in [7, 11) is 0. The average Bonchev–Trinajstić information content (AvgIpc) is 2.83. The van der Waals surface area contributed by atoms with Crippen molar-refractivity contribution < 1.29 is 9.53 Å². The Hall–Kier alpha value is -0.530. The van der Waals surface area contributed by atoms with Crippen LogP contribution in [-0.2, 0) is 9.53 Å². The van der Waals surface area contributed by atoms with Crippen molar-refractivity contribution in [2.45, 2.75) is 59.8 Å². The van der Waals surface area contributed by atoms with Crippen LogP contribution in [0.25, 0.3) is 0 Å². The zero-order valence-electron chi connectivity index (χ0n) is 12.4. The van der Waals surface area contributed by atoms with Crippen LogP contribution in [0.2, 0.25) is 0 Å². The number of fused-ring (bicyclic) bond motifs is 2. The standard InChI is InChI=1S/C16H28O2/c1-11(10-18-12(2)17)5-8-15-13-6-7-14(9-13)16(15,3)4/h11,13-15H,5-10H2,1-4H3. The first-order valence-electron chi connectivity index (χ1n) is 7.54. The van der Waals surface area contributed by atoms with E-state index in [1.807, 2.05) is 0 Å². The van der Waals surface area contributed by atoms with Gasteiger partial charge in [0.05, 0.1) is 6.61 Å². The normalized spacial score (nSPS) is 34.6. The fourth-order valence-corrected chi connectivity index (χ4v) is 4.38. The van der Waals surface area contributed by atoms with Gasteiger partial charge in [-0.2, -0.15) is 0 Å². The zero-order chi connectivity index (χ0) is 13.3. The molecule has 4 atom stereocenters. The molecule has 2 bridgehead atoms. The Kier molecular flexibility index (Phi) is 4.03. The van der Waals surface area contributed by atoms with Gasteiger partial charge in [0.2, 0.25) is 0 Å². The lowest BCUT2D eigenvalue weighted by Gasteiger charge is -2.39. The lowest BCUT2D eigenvalue weighted by molar-refractivity contribution is -0.142. The van der Waals surface area contributed by atoms with Crippen molar-refractivity contribution in [3.05, 3.63) is 0 Å². The largest absolute Gasteiger partial charge is 0.466 e. The zero-order valence-corrected chi connectivity index (χ0v) is 12.4. The van der Waals surface area contributed by atoms with Gasteiger partial charge >= 0.3 is 5.97 Å². The molecule has 0 spiro atoms. The second-order valence-electron chi connectivity index (χ2n) is 7.18. The number of carbonyl (C=O) groups is 1. The molecule has 2 aliphatic carbocycles. The summed E-state index contributed by atoms with van der Waals surface area (Å²) in [6.45, 7) is 9.22. The van der Waals surface area contributed by atoms with Crippen molar-refractivity contribution in [2.24, 2.45) is 29.1 Å². The minimum absolute atomic E-state index is 0.151. The molecule has 104 valence electrons. The molecule has 2 fully saturated rings. The first kappa shape index (κ1) is 13.9. The highest BCUT2D eigenvalue weighted by Gasteiger charge is 2.51. The summed E-state index contributed by atoms with van der Waals surface area (Å²) < 4.78 is 5.09. The Morgan fingerprint density at radius 1 is 1.39 bits per heavy atom. The molecular weight excluding hydrogens is 224 g/mol. The molecule has 0 aliphatic heterocycles. The van der Waals surface area contributed by atoms with E-state index in [1.54, 1.807) is 0 Å². The van der Waals surface area contributed by atoms with Gasteiger partial charge < -0.3 is 4.74 Å². The van der Waals surface area contributed by atoms with Crippen molar-refractivity contribution in [3.8, 4) is 0 Å². The maximum Gasteiger partial charge on any atom is 0.302 e. The highest BCUT2D eigenvalue weighted by atomic mass is 16.5. The summed E-state index contributed by atoms with van der Waals surface area (Å²) in [6.07, 6.45) is 6.89. The molecule has 2 rings (SSSR count). The highest BCUT2D eigenvalue weighted by Crippen LogP contribution is 2.60. The van der Waals surface area contributed by atoms with Crippen LogP contribution in [0.3, 0.4) is 0 Å². The van der Waals surface area contributed by atoms with Crippen LogP contribution in [-0.4, -0.2) is 12.6 Å². The second-order valence-corrected chi connectivity index (χ2v) is 7.18. The molecule has 4 unspecified atom stereocenters. The van der Waals surface area contributed by atoms with E-state index in [0.717, 1.165) is 17.8 Å². The Balaban J connectivity index is 1.78. The number of hydrogen-bond acceptors (Lipinski definition) is 2. The topological polar surface area (TPSA) is 26.3 Å². The minimum atomic E-state index is -0.151. The van der Waals surface area contributed by atoms with E-state index in [4.69, 9.17) is 4.74 Å². The Bertz CT molecular complexity index is 308. The van der Waals surface area contributed by atoms with E-state index < -0.39 is 0 Å². The van der Waals surface area contributed by atoms with E-state index in [1.165, 1.54) is 39.0 Å². The van der Waals surface area contributed by atoms with E-state index in [-0.39, 0.29) is 5.97 Å². The number of ether oxygens (including phenoxy) is 1. The fraction of sp³-hybridized carbons (Fsp3) is 0.938. The Morgan fingerprint density at radius 3 is 2.67 bits per heavy atom. The third-order valence-corrected chi connectivity index (χ3v) is 5.59. The summed E-state index contributed by atoms with van der Waals surface area (Å²) in [6, 6.07) is 0. The van der Waals surface area contributed by atoms with Crippen molar-refractivity contribution >= 4 is 5.97 Å². The van der Waals surface area contributed by atoms with Crippen LogP contribution in [0.5, 0.6) is 0 Å². The van der Waals surface area contributed by atoms with Crippen molar-refractivity contribution in [1.82, 2.24) is 0 Å². The van der Waals surface area contributed by atoms with Crippen molar-refractivity contribution in [1.29, 1.82) is 0 Å². The van der Waals surface area contributed by atoms with E-state index >= 15 is 0 Å². The van der Waals surface area contributed by atoms with E-state index in [2.05, 4.69) is 20.8 Å². The third-order valence-electron chi connectivity index (χ3n) is 5.59. The summed E-state index contributed by atoms with van der Waals surface area (Å²) in [5.41, 5.74) is 0.546. The lowest BCUT2D eigenvalue weighted by Crippen LogP contribution is -2.31. The first-order valence-corrected chi connectivity index (χ1v) is 7.54. The molecule has 2 heteroatoms. The van der Waals surface area contributed by atoms with Crippen LogP contribution in [0.4, 0.5) is 0 Å². The number of esters is 1. The van der Waals surface area contributed by atoms with Crippen LogP contribution in [0, 0.1) is 29.1 Å². The molecular formula is C16H28O2. The lowest BCUT2D eigenvalue weighted by atomic mass is 9.67. The van der Waals surface area contributed by atoms with Gasteiger partial charge in [0.1, 0.15) is 0 Å². The van der Waals surface area contributed by atoms with Crippen molar-refractivity contribution in [2.75, 3.05) is 6.61 Å². The fourth-order valence-electron chi connectivity index (χ4n) is 4.38. The predicted molar refractivity (Wildman–Crippen MR) is 73.1 cm³/mol. The molecule has 0 heterocycles. The molecule has 2 aliphatic rings. The number of hydrogen-bond donors (Lipinski definition) is 0. The summed E-state index contributed by atoms with van der Waals surface area (Å²) >= 11 is 0. The molecule has 0 aromatic heterocycles. The van der Waals surface area contributed by atoms with Gasteiger partial charge in [-0.25, -0.2) is 0 Å². The van der Waals surface area contributed by atoms with E-state index in [9.17, 15) is 4.79 Å². The van der Waals surface area contributed by atoms with Gasteiger partial charge in [0.25, 0.3) is 0 Å². The summed E-state index contributed by atoms with van der Waals surface area (Å²) in [5.74, 6) is 3.20. The van der Waals surface area contributed by atoms with Gasteiger partial charge in [-0.3, -0.25) is 4.79 Å². The average molecular weight is 252 g/mol. The first-order chi connectivity index (χ1) is 8.41.